The molecule has 0 radical (unpaired) electrons. The van der Waals surface area contributed by atoms with Gasteiger partial charge >= 0.3 is 6.18 Å². The fraction of sp³-hybridized carbons (Fsp3) is 0.667. The number of hydrogen-bond donors (Lipinski definition) is 1. The molecule has 1 heterocycles. The van der Waals surface area contributed by atoms with Crippen molar-refractivity contribution in [1.82, 2.24) is 9.78 Å². The third-order valence-corrected chi connectivity index (χ3v) is 2.71. The number of nitrogens with two attached hydrogens (primary N) is 1. The smallest absolute Gasteiger partial charge is 0.328 e. The number of alkyl halides is 3. The lowest BCUT2D eigenvalue weighted by atomic mass is 9.81. The van der Waals surface area contributed by atoms with Gasteiger partial charge in [-0.2, -0.15) is 18.3 Å². The van der Waals surface area contributed by atoms with Crippen LogP contribution in [0.15, 0.2) is 12.3 Å². The van der Waals surface area contributed by atoms with E-state index in [1.165, 1.54) is 6.20 Å². The lowest BCUT2D eigenvalue weighted by Crippen LogP contribution is -2.38. The standard InChI is InChI=1S/C9H12F3N3/c10-9(11,12)8-1-2-14-15(8)5-6-3-7(13)4-6/h1-2,6-7H,3-5,13H2/t6-,7+. The Morgan fingerprint density at radius 3 is 2.67 bits per heavy atom. The fourth-order valence-electron chi connectivity index (χ4n) is 1.90. The van der Waals surface area contributed by atoms with Crippen LogP contribution >= 0.6 is 0 Å². The van der Waals surface area contributed by atoms with Crippen LogP contribution in [0.25, 0.3) is 0 Å². The molecule has 15 heavy (non-hydrogen) atoms. The summed E-state index contributed by atoms with van der Waals surface area (Å²) in [5.41, 5.74) is 4.89. The minimum absolute atomic E-state index is 0.153. The third-order valence-electron chi connectivity index (χ3n) is 2.71. The van der Waals surface area contributed by atoms with Gasteiger partial charge in [0.1, 0.15) is 5.69 Å². The van der Waals surface area contributed by atoms with E-state index in [1.807, 2.05) is 0 Å². The summed E-state index contributed by atoms with van der Waals surface area (Å²) in [5, 5.41) is 3.69. The molecule has 0 spiro atoms. The van der Waals surface area contributed by atoms with E-state index in [-0.39, 0.29) is 12.0 Å². The summed E-state index contributed by atoms with van der Waals surface area (Å²) in [6, 6.07) is 1.15. The number of rotatable bonds is 2. The molecular formula is C9H12F3N3. The van der Waals surface area contributed by atoms with Crippen LogP contribution in [-0.4, -0.2) is 15.8 Å². The van der Waals surface area contributed by atoms with Crippen molar-refractivity contribution in [2.24, 2.45) is 11.7 Å². The molecule has 0 bridgehead atoms. The van der Waals surface area contributed by atoms with Crippen LogP contribution in [0.1, 0.15) is 18.5 Å². The van der Waals surface area contributed by atoms with Gasteiger partial charge in [-0.15, -0.1) is 0 Å². The quantitative estimate of drug-likeness (QED) is 0.821. The van der Waals surface area contributed by atoms with Gasteiger partial charge in [0.25, 0.3) is 0 Å². The Hall–Kier alpha value is -1.04. The molecule has 1 aliphatic carbocycles. The maximum absolute atomic E-state index is 12.4. The van der Waals surface area contributed by atoms with Gasteiger partial charge in [-0.05, 0) is 24.8 Å². The first kappa shape index (κ1) is 10.5. The van der Waals surface area contributed by atoms with Crippen LogP contribution in [0.4, 0.5) is 13.2 Å². The van der Waals surface area contributed by atoms with Gasteiger partial charge in [-0.1, -0.05) is 0 Å². The first-order chi connectivity index (χ1) is 6.97. The molecule has 1 aromatic heterocycles. The van der Waals surface area contributed by atoms with E-state index in [0.29, 0.717) is 6.54 Å². The molecule has 2 rings (SSSR count). The molecular weight excluding hydrogens is 207 g/mol. The van der Waals surface area contributed by atoms with Gasteiger partial charge in [0.2, 0.25) is 0 Å². The Morgan fingerprint density at radius 1 is 1.47 bits per heavy atom. The zero-order valence-corrected chi connectivity index (χ0v) is 8.04. The molecule has 0 aromatic carbocycles. The molecule has 0 unspecified atom stereocenters. The van der Waals surface area contributed by atoms with Gasteiger partial charge < -0.3 is 5.73 Å². The molecule has 1 fully saturated rings. The second-order valence-corrected chi connectivity index (χ2v) is 3.99. The molecule has 0 saturated heterocycles. The molecule has 1 aliphatic rings. The maximum atomic E-state index is 12.4. The van der Waals surface area contributed by atoms with Crippen molar-refractivity contribution in [3.8, 4) is 0 Å². The Balaban J connectivity index is 2.05. The highest BCUT2D eigenvalue weighted by molar-refractivity contribution is 5.05. The van der Waals surface area contributed by atoms with Crippen molar-refractivity contribution >= 4 is 0 Å². The predicted octanol–water partition coefficient (Wildman–Crippen LogP) is 1.64. The van der Waals surface area contributed by atoms with Gasteiger partial charge in [0.15, 0.2) is 0 Å². The predicted molar refractivity (Wildman–Crippen MR) is 47.9 cm³/mol. The van der Waals surface area contributed by atoms with Crippen molar-refractivity contribution in [3.05, 3.63) is 18.0 Å². The van der Waals surface area contributed by atoms with Crippen LogP contribution in [0.3, 0.4) is 0 Å². The highest BCUT2D eigenvalue weighted by Gasteiger charge is 2.36. The molecule has 6 heteroatoms. The summed E-state index contributed by atoms with van der Waals surface area (Å²) in [6.07, 6.45) is -1.56. The van der Waals surface area contributed by atoms with Gasteiger partial charge in [0, 0.05) is 18.8 Å². The van der Waals surface area contributed by atoms with E-state index in [1.54, 1.807) is 0 Å². The minimum Gasteiger partial charge on any atom is -0.328 e. The van der Waals surface area contributed by atoms with Gasteiger partial charge in [-0.3, -0.25) is 4.68 Å². The zero-order chi connectivity index (χ0) is 11.1. The fourth-order valence-corrected chi connectivity index (χ4v) is 1.90. The lowest BCUT2D eigenvalue weighted by molar-refractivity contribution is -0.144. The average Bonchev–Trinajstić information content (AvgIpc) is 2.48. The van der Waals surface area contributed by atoms with E-state index in [4.69, 9.17) is 5.73 Å². The van der Waals surface area contributed by atoms with Crippen LogP contribution < -0.4 is 5.73 Å². The second-order valence-electron chi connectivity index (χ2n) is 3.99. The summed E-state index contributed by atoms with van der Waals surface area (Å²) < 4.78 is 38.4. The monoisotopic (exact) mass is 219 g/mol. The van der Waals surface area contributed by atoms with Crippen molar-refractivity contribution < 1.29 is 13.2 Å². The first-order valence-electron chi connectivity index (χ1n) is 4.81. The first-order valence-corrected chi connectivity index (χ1v) is 4.81. The van der Waals surface area contributed by atoms with Crippen molar-refractivity contribution in [3.63, 3.8) is 0 Å². The molecule has 0 amide bonds. The summed E-state index contributed by atoms with van der Waals surface area (Å²) in [7, 11) is 0. The number of halogens is 3. The van der Waals surface area contributed by atoms with Crippen molar-refractivity contribution in [2.75, 3.05) is 0 Å². The number of aromatic nitrogens is 2. The molecule has 0 atom stereocenters. The molecule has 0 aliphatic heterocycles. The Labute approximate surface area is 85.1 Å². The van der Waals surface area contributed by atoms with E-state index in [0.717, 1.165) is 23.6 Å². The third kappa shape index (κ3) is 2.14. The van der Waals surface area contributed by atoms with Crippen LogP contribution in [0.2, 0.25) is 0 Å². The van der Waals surface area contributed by atoms with E-state index >= 15 is 0 Å². The largest absolute Gasteiger partial charge is 0.433 e. The minimum atomic E-state index is -4.32. The van der Waals surface area contributed by atoms with Crippen molar-refractivity contribution in [1.29, 1.82) is 0 Å². The van der Waals surface area contributed by atoms with E-state index in [2.05, 4.69) is 5.10 Å². The second kappa shape index (κ2) is 3.52. The Morgan fingerprint density at radius 2 is 2.13 bits per heavy atom. The van der Waals surface area contributed by atoms with Gasteiger partial charge in [-0.25, -0.2) is 0 Å². The van der Waals surface area contributed by atoms with Gasteiger partial charge in [0.05, 0.1) is 0 Å². The van der Waals surface area contributed by atoms with Crippen LogP contribution in [-0.2, 0) is 12.7 Å². The topological polar surface area (TPSA) is 43.8 Å². The SMILES string of the molecule is N[C@H]1C[C@@H](Cn2nccc2C(F)(F)F)C1. The van der Waals surface area contributed by atoms with Crippen LogP contribution in [0.5, 0.6) is 0 Å². The van der Waals surface area contributed by atoms with Crippen LogP contribution in [0, 0.1) is 5.92 Å². The molecule has 3 nitrogen and oxygen atoms in total. The molecule has 1 aromatic rings. The van der Waals surface area contributed by atoms with E-state index < -0.39 is 11.9 Å². The summed E-state index contributed by atoms with van der Waals surface area (Å²) in [4.78, 5) is 0. The maximum Gasteiger partial charge on any atom is 0.433 e. The zero-order valence-electron chi connectivity index (χ0n) is 8.04. The molecule has 84 valence electrons. The van der Waals surface area contributed by atoms with E-state index in [9.17, 15) is 13.2 Å². The summed E-state index contributed by atoms with van der Waals surface area (Å²) in [5.74, 6) is 0.237. The van der Waals surface area contributed by atoms with Crippen molar-refractivity contribution in [2.45, 2.75) is 31.6 Å². The molecule has 1 saturated carbocycles. The number of nitrogens with zero attached hydrogens (tertiary/aromatic N) is 2. The highest BCUT2D eigenvalue weighted by atomic mass is 19.4. The summed E-state index contributed by atoms with van der Waals surface area (Å²) in [6.45, 7) is 0.315. The number of hydrogen-bond acceptors (Lipinski definition) is 2. The Kier molecular flexibility index (Phi) is 2.46. The Bertz CT molecular complexity index is 339. The summed E-state index contributed by atoms with van der Waals surface area (Å²) >= 11 is 0. The normalized spacial score (nSPS) is 26.4. The highest BCUT2D eigenvalue weighted by Crippen LogP contribution is 2.32. The average molecular weight is 219 g/mol. The lowest BCUT2D eigenvalue weighted by Gasteiger charge is -2.32. The molecule has 2 N–H and O–H groups in total.